The maximum Gasteiger partial charge on any atom is 0.0602 e. The van der Waals surface area contributed by atoms with Crippen LogP contribution in [0.15, 0.2) is 24.3 Å². The van der Waals surface area contributed by atoms with Crippen LogP contribution in [0.1, 0.15) is 52.4 Å². The molecule has 0 amide bonds. The van der Waals surface area contributed by atoms with Crippen LogP contribution in [0.25, 0.3) is 0 Å². The van der Waals surface area contributed by atoms with E-state index in [9.17, 15) is 0 Å². The number of para-hydroxylation sites is 2. The highest BCUT2D eigenvalue weighted by Gasteiger charge is 2.32. The first-order chi connectivity index (χ1) is 9.67. The van der Waals surface area contributed by atoms with Gasteiger partial charge in [0.15, 0.2) is 0 Å². The van der Waals surface area contributed by atoms with Gasteiger partial charge in [-0.3, -0.25) is 0 Å². The molecule has 1 saturated heterocycles. The average molecular weight is 272 g/mol. The van der Waals surface area contributed by atoms with Crippen LogP contribution in [0, 0.1) is 5.41 Å². The lowest BCUT2D eigenvalue weighted by atomic mass is 9.73. The molecule has 110 valence electrons. The van der Waals surface area contributed by atoms with Gasteiger partial charge in [-0.1, -0.05) is 38.8 Å². The second-order valence-corrected chi connectivity index (χ2v) is 7.14. The molecular formula is C18H28N2. The molecule has 1 N–H and O–H groups in total. The average Bonchev–Trinajstić information content (AvgIpc) is 2.95. The van der Waals surface area contributed by atoms with Crippen LogP contribution < -0.4 is 10.2 Å². The van der Waals surface area contributed by atoms with Crippen LogP contribution >= 0.6 is 0 Å². The van der Waals surface area contributed by atoms with E-state index < -0.39 is 0 Å². The van der Waals surface area contributed by atoms with Gasteiger partial charge in [-0.15, -0.1) is 0 Å². The largest absolute Gasteiger partial charge is 0.380 e. The van der Waals surface area contributed by atoms with E-state index in [1.165, 1.54) is 63.0 Å². The van der Waals surface area contributed by atoms with Crippen LogP contribution in [-0.2, 0) is 0 Å². The van der Waals surface area contributed by atoms with E-state index in [-0.39, 0.29) is 0 Å². The SMILES string of the molecule is CC1(C)CCCCC1Nc1ccccc1N1CCCC1. The molecular weight excluding hydrogens is 244 g/mol. The molecule has 1 atom stereocenters. The smallest absolute Gasteiger partial charge is 0.0602 e. The molecule has 0 aromatic heterocycles. The minimum atomic E-state index is 0.413. The first kappa shape index (κ1) is 13.8. The molecule has 1 heterocycles. The number of rotatable bonds is 3. The van der Waals surface area contributed by atoms with Crippen molar-refractivity contribution in [2.45, 2.75) is 58.4 Å². The molecule has 2 heteroatoms. The van der Waals surface area contributed by atoms with E-state index in [4.69, 9.17) is 0 Å². The fourth-order valence-corrected chi connectivity index (χ4v) is 3.78. The minimum absolute atomic E-state index is 0.413. The van der Waals surface area contributed by atoms with Gasteiger partial charge in [0, 0.05) is 19.1 Å². The minimum Gasteiger partial charge on any atom is -0.380 e. The Morgan fingerprint density at radius 2 is 1.80 bits per heavy atom. The zero-order valence-electron chi connectivity index (χ0n) is 13.0. The summed E-state index contributed by atoms with van der Waals surface area (Å²) >= 11 is 0. The van der Waals surface area contributed by atoms with Crippen molar-refractivity contribution in [3.8, 4) is 0 Å². The van der Waals surface area contributed by atoms with Crippen LogP contribution in [0.2, 0.25) is 0 Å². The summed E-state index contributed by atoms with van der Waals surface area (Å²) in [6, 6.07) is 9.49. The van der Waals surface area contributed by atoms with Crippen molar-refractivity contribution in [1.82, 2.24) is 0 Å². The van der Waals surface area contributed by atoms with Crippen LogP contribution in [0.4, 0.5) is 11.4 Å². The van der Waals surface area contributed by atoms with Gasteiger partial charge in [0.25, 0.3) is 0 Å². The number of hydrogen-bond donors (Lipinski definition) is 1. The number of nitrogens with one attached hydrogen (secondary N) is 1. The molecule has 2 fully saturated rings. The third-order valence-corrected chi connectivity index (χ3v) is 5.19. The Kier molecular flexibility index (Phi) is 3.91. The maximum absolute atomic E-state index is 3.87. The van der Waals surface area contributed by atoms with Gasteiger partial charge in [0.05, 0.1) is 11.4 Å². The van der Waals surface area contributed by atoms with Crippen LogP contribution in [0.5, 0.6) is 0 Å². The van der Waals surface area contributed by atoms with Gasteiger partial charge in [-0.2, -0.15) is 0 Å². The molecule has 0 bridgehead atoms. The Labute approximate surface area is 123 Å². The van der Waals surface area contributed by atoms with Crippen molar-refractivity contribution < 1.29 is 0 Å². The van der Waals surface area contributed by atoms with Crippen molar-refractivity contribution >= 4 is 11.4 Å². The number of anilines is 2. The summed E-state index contributed by atoms with van der Waals surface area (Å²) < 4.78 is 0. The quantitative estimate of drug-likeness (QED) is 0.860. The Morgan fingerprint density at radius 1 is 1.05 bits per heavy atom. The van der Waals surface area contributed by atoms with E-state index in [0.29, 0.717) is 11.5 Å². The molecule has 1 aliphatic heterocycles. The molecule has 1 saturated carbocycles. The maximum atomic E-state index is 3.87. The number of nitrogens with zero attached hydrogens (tertiary/aromatic N) is 1. The fourth-order valence-electron chi connectivity index (χ4n) is 3.78. The highest BCUT2D eigenvalue weighted by molar-refractivity contribution is 5.70. The molecule has 1 aliphatic carbocycles. The van der Waals surface area contributed by atoms with Gasteiger partial charge in [0.1, 0.15) is 0 Å². The molecule has 1 unspecified atom stereocenters. The van der Waals surface area contributed by atoms with E-state index >= 15 is 0 Å². The van der Waals surface area contributed by atoms with Gasteiger partial charge in [0.2, 0.25) is 0 Å². The van der Waals surface area contributed by atoms with Gasteiger partial charge in [-0.25, -0.2) is 0 Å². The lowest BCUT2D eigenvalue weighted by Crippen LogP contribution is -2.39. The number of hydrogen-bond acceptors (Lipinski definition) is 2. The van der Waals surface area contributed by atoms with Gasteiger partial charge < -0.3 is 10.2 Å². The fraction of sp³-hybridized carbons (Fsp3) is 0.667. The second kappa shape index (κ2) is 5.67. The molecule has 1 aromatic carbocycles. The van der Waals surface area contributed by atoms with E-state index in [2.05, 4.69) is 48.3 Å². The Bertz CT molecular complexity index is 446. The predicted octanol–water partition coefficient (Wildman–Crippen LogP) is 4.67. The summed E-state index contributed by atoms with van der Waals surface area (Å²) in [5, 5.41) is 3.87. The van der Waals surface area contributed by atoms with Crippen LogP contribution in [0.3, 0.4) is 0 Å². The summed E-state index contributed by atoms with van der Waals surface area (Å²) in [6.45, 7) is 7.27. The van der Waals surface area contributed by atoms with Crippen molar-refractivity contribution in [3.63, 3.8) is 0 Å². The molecule has 3 rings (SSSR count). The molecule has 20 heavy (non-hydrogen) atoms. The summed E-state index contributed by atoms with van der Waals surface area (Å²) in [5.74, 6) is 0. The van der Waals surface area contributed by atoms with Crippen molar-refractivity contribution in [2.75, 3.05) is 23.3 Å². The lowest BCUT2D eigenvalue weighted by Gasteiger charge is -2.40. The highest BCUT2D eigenvalue weighted by Crippen LogP contribution is 2.39. The van der Waals surface area contributed by atoms with E-state index in [1.54, 1.807) is 0 Å². The van der Waals surface area contributed by atoms with E-state index in [1.807, 2.05) is 0 Å². The first-order valence-electron chi connectivity index (χ1n) is 8.27. The number of benzene rings is 1. The Hall–Kier alpha value is -1.18. The molecule has 2 nitrogen and oxygen atoms in total. The monoisotopic (exact) mass is 272 g/mol. The Balaban J connectivity index is 1.79. The highest BCUT2D eigenvalue weighted by atomic mass is 15.2. The summed E-state index contributed by atoms with van der Waals surface area (Å²) in [4.78, 5) is 2.54. The summed E-state index contributed by atoms with van der Waals surface area (Å²) in [6.07, 6.45) is 8.08. The molecule has 0 spiro atoms. The third-order valence-electron chi connectivity index (χ3n) is 5.19. The standard InChI is InChI=1S/C18H28N2/c1-18(2)12-6-5-11-17(18)19-15-9-3-4-10-16(15)20-13-7-8-14-20/h3-4,9-10,17,19H,5-8,11-14H2,1-2H3. The van der Waals surface area contributed by atoms with Gasteiger partial charge >= 0.3 is 0 Å². The van der Waals surface area contributed by atoms with Crippen molar-refractivity contribution in [1.29, 1.82) is 0 Å². The first-order valence-corrected chi connectivity index (χ1v) is 8.27. The molecule has 1 aromatic rings. The summed E-state index contributed by atoms with van der Waals surface area (Å²) in [5.41, 5.74) is 3.16. The Morgan fingerprint density at radius 3 is 2.55 bits per heavy atom. The van der Waals surface area contributed by atoms with E-state index in [0.717, 1.165) is 0 Å². The van der Waals surface area contributed by atoms with Gasteiger partial charge in [-0.05, 0) is 43.2 Å². The van der Waals surface area contributed by atoms with Crippen molar-refractivity contribution in [3.05, 3.63) is 24.3 Å². The molecule has 2 aliphatic rings. The van der Waals surface area contributed by atoms with Crippen LogP contribution in [-0.4, -0.2) is 19.1 Å². The normalized spacial score (nSPS) is 25.7. The molecule has 0 radical (unpaired) electrons. The van der Waals surface area contributed by atoms with Crippen molar-refractivity contribution in [2.24, 2.45) is 5.41 Å². The summed E-state index contributed by atoms with van der Waals surface area (Å²) in [7, 11) is 0. The second-order valence-electron chi connectivity index (χ2n) is 7.14. The topological polar surface area (TPSA) is 15.3 Å². The third kappa shape index (κ3) is 2.79. The lowest BCUT2D eigenvalue weighted by molar-refractivity contribution is 0.217. The zero-order valence-corrected chi connectivity index (χ0v) is 13.0. The zero-order chi connectivity index (χ0) is 14.0. The predicted molar refractivity (Wildman–Crippen MR) is 87.5 cm³/mol.